The first-order chi connectivity index (χ1) is 7.67. The van der Waals surface area contributed by atoms with Crippen molar-refractivity contribution in [2.75, 3.05) is 13.7 Å². The summed E-state index contributed by atoms with van der Waals surface area (Å²) in [4.78, 5) is 0. The topological polar surface area (TPSA) is 35.2 Å². The molecule has 1 aliphatic carbocycles. The van der Waals surface area contributed by atoms with Gasteiger partial charge < -0.3 is 10.5 Å². The van der Waals surface area contributed by atoms with Gasteiger partial charge >= 0.3 is 0 Å². The Balaban J connectivity index is 2.40. The lowest BCUT2D eigenvalue weighted by molar-refractivity contribution is 0.402. The predicted octanol–water partition coefficient (Wildman–Crippen LogP) is 2.76. The van der Waals surface area contributed by atoms with Crippen LogP contribution in [0.1, 0.15) is 35.4 Å². The molecule has 1 aliphatic rings. The van der Waals surface area contributed by atoms with E-state index in [2.05, 4.69) is 26.0 Å². The van der Waals surface area contributed by atoms with Gasteiger partial charge in [0.15, 0.2) is 0 Å². The second-order valence-corrected chi connectivity index (χ2v) is 4.86. The summed E-state index contributed by atoms with van der Waals surface area (Å²) in [6, 6.07) is 4.39. The normalized spacial score (nSPS) is 17.2. The maximum Gasteiger partial charge on any atom is 0.122 e. The third-order valence-corrected chi connectivity index (χ3v) is 3.69. The molecule has 0 spiro atoms. The highest BCUT2D eigenvalue weighted by molar-refractivity contribution is 5.44. The highest BCUT2D eigenvalue weighted by Crippen LogP contribution is 2.45. The number of aryl methyl sites for hydroxylation is 2. The van der Waals surface area contributed by atoms with Gasteiger partial charge in [0.25, 0.3) is 0 Å². The molecule has 1 fully saturated rings. The zero-order valence-corrected chi connectivity index (χ0v) is 10.4. The molecular formula is C14H21NO. The molecule has 0 amide bonds. The Hall–Kier alpha value is -1.02. The minimum Gasteiger partial charge on any atom is -0.496 e. The van der Waals surface area contributed by atoms with Gasteiger partial charge in [-0.1, -0.05) is 6.07 Å². The molecule has 0 saturated heterocycles. The molecule has 16 heavy (non-hydrogen) atoms. The van der Waals surface area contributed by atoms with E-state index >= 15 is 0 Å². The van der Waals surface area contributed by atoms with Crippen LogP contribution in [-0.4, -0.2) is 13.7 Å². The first-order valence-electron chi connectivity index (χ1n) is 6.02. The Labute approximate surface area is 97.8 Å². The number of rotatable bonds is 4. The van der Waals surface area contributed by atoms with Gasteiger partial charge in [0.2, 0.25) is 0 Å². The average Bonchev–Trinajstić information content (AvgIpc) is 3.08. The molecule has 0 heterocycles. The zero-order valence-electron chi connectivity index (χ0n) is 10.4. The van der Waals surface area contributed by atoms with Crippen molar-refractivity contribution in [3.05, 3.63) is 28.8 Å². The third-order valence-electron chi connectivity index (χ3n) is 3.69. The maximum absolute atomic E-state index is 5.90. The fourth-order valence-corrected chi connectivity index (χ4v) is 2.35. The van der Waals surface area contributed by atoms with Crippen molar-refractivity contribution in [2.45, 2.75) is 32.6 Å². The van der Waals surface area contributed by atoms with Crippen LogP contribution in [0.25, 0.3) is 0 Å². The summed E-state index contributed by atoms with van der Waals surface area (Å²) in [6.07, 6.45) is 2.63. The molecule has 0 bridgehead atoms. The molecular weight excluding hydrogens is 198 g/mol. The van der Waals surface area contributed by atoms with E-state index in [0.717, 1.165) is 18.2 Å². The Morgan fingerprint density at radius 3 is 2.44 bits per heavy atom. The van der Waals surface area contributed by atoms with Gasteiger partial charge in [-0.15, -0.1) is 0 Å². The lowest BCUT2D eigenvalue weighted by Gasteiger charge is -2.19. The molecule has 1 aromatic rings. The van der Waals surface area contributed by atoms with Gasteiger partial charge in [-0.25, -0.2) is 0 Å². The van der Waals surface area contributed by atoms with E-state index in [1.165, 1.54) is 29.5 Å². The van der Waals surface area contributed by atoms with Crippen molar-refractivity contribution in [3.63, 3.8) is 0 Å². The number of methoxy groups -OCH3 is 1. The van der Waals surface area contributed by atoms with E-state index < -0.39 is 0 Å². The van der Waals surface area contributed by atoms with E-state index in [1.54, 1.807) is 7.11 Å². The van der Waals surface area contributed by atoms with E-state index in [9.17, 15) is 0 Å². The van der Waals surface area contributed by atoms with Crippen LogP contribution in [0.2, 0.25) is 0 Å². The quantitative estimate of drug-likeness (QED) is 0.845. The summed E-state index contributed by atoms with van der Waals surface area (Å²) in [5.41, 5.74) is 9.82. The first kappa shape index (κ1) is 11.5. The van der Waals surface area contributed by atoms with Crippen molar-refractivity contribution in [1.29, 1.82) is 0 Å². The summed E-state index contributed by atoms with van der Waals surface area (Å²) in [6.45, 7) is 5.00. The third kappa shape index (κ3) is 2.07. The van der Waals surface area contributed by atoms with E-state index in [-0.39, 0.29) is 0 Å². The minimum absolute atomic E-state index is 0.481. The Morgan fingerprint density at radius 1 is 1.31 bits per heavy atom. The lowest BCUT2D eigenvalue weighted by Crippen LogP contribution is -2.15. The van der Waals surface area contributed by atoms with Crippen molar-refractivity contribution >= 4 is 0 Å². The SMILES string of the molecule is COc1cc(C)c(C)cc1C(CN)C1CC1. The smallest absolute Gasteiger partial charge is 0.122 e. The summed E-state index contributed by atoms with van der Waals surface area (Å²) in [5, 5.41) is 0. The molecule has 2 heteroatoms. The Bertz CT molecular complexity index is 383. The van der Waals surface area contributed by atoms with E-state index in [4.69, 9.17) is 10.5 Å². The van der Waals surface area contributed by atoms with Gasteiger partial charge in [-0.3, -0.25) is 0 Å². The van der Waals surface area contributed by atoms with Crippen molar-refractivity contribution < 1.29 is 4.74 Å². The fourth-order valence-electron chi connectivity index (χ4n) is 2.35. The van der Waals surface area contributed by atoms with Crippen LogP contribution in [0.4, 0.5) is 0 Å². The molecule has 88 valence electrons. The Kier molecular flexibility index (Phi) is 3.20. The average molecular weight is 219 g/mol. The molecule has 0 aromatic heterocycles. The zero-order chi connectivity index (χ0) is 11.7. The van der Waals surface area contributed by atoms with Crippen molar-refractivity contribution in [3.8, 4) is 5.75 Å². The van der Waals surface area contributed by atoms with Gasteiger partial charge in [0.1, 0.15) is 5.75 Å². The summed E-state index contributed by atoms with van der Waals surface area (Å²) >= 11 is 0. The predicted molar refractivity (Wildman–Crippen MR) is 67.0 cm³/mol. The largest absolute Gasteiger partial charge is 0.496 e. The van der Waals surface area contributed by atoms with Crippen LogP contribution < -0.4 is 10.5 Å². The molecule has 1 aromatic carbocycles. The molecule has 0 aliphatic heterocycles. The fraction of sp³-hybridized carbons (Fsp3) is 0.571. The molecule has 2 rings (SSSR count). The van der Waals surface area contributed by atoms with Crippen LogP contribution in [0.3, 0.4) is 0 Å². The number of hydrogen-bond acceptors (Lipinski definition) is 2. The number of ether oxygens (including phenoxy) is 1. The maximum atomic E-state index is 5.90. The minimum atomic E-state index is 0.481. The monoisotopic (exact) mass is 219 g/mol. The van der Waals surface area contributed by atoms with Crippen LogP contribution in [0.15, 0.2) is 12.1 Å². The van der Waals surface area contributed by atoms with Gasteiger partial charge in [0, 0.05) is 5.92 Å². The van der Waals surface area contributed by atoms with Crippen molar-refractivity contribution in [2.24, 2.45) is 11.7 Å². The van der Waals surface area contributed by atoms with Gasteiger partial charge in [0.05, 0.1) is 7.11 Å². The van der Waals surface area contributed by atoms with E-state index in [0.29, 0.717) is 5.92 Å². The van der Waals surface area contributed by atoms with Gasteiger partial charge in [-0.05, 0) is 61.9 Å². The molecule has 1 atom stereocenters. The molecule has 1 unspecified atom stereocenters. The first-order valence-corrected chi connectivity index (χ1v) is 6.02. The van der Waals surface area contributed by atoms with E-state index in [1.807, 2.05) is 0 Å². The Morgan fingerprint density at radius 2 is 1.94 bits per heavy atom. The summed E-state index contributed by atoms with van der Waals surface area (Å²) in [5.74, 6) is 2.26. The van der Waals surface area contributed by atoms with Crippen LogP contribution >= 0.6 is 0 Å². The second-order valence-electron chi connectivity index (χ2n) is 4.86. The molecule has 2 N–H and O–H groups in total. The molecule has 2 nitrogen and oxygen atoms in total. The number of nitrogens with two attached hydrogens (primary N) is 1. The lowest BCUT2D eigenvalue weighted by atomic mass is 9.91. The summed E-state index contributed by atoms with van der Waals surface area (Å²) in [7, 11) is 1.74. The number of benzene rings is 1. The summed E-state index contributed by atoms with van der Waals surface area (Å²) < 4.78 is 5.49. The highest BCUT2D eigenvalue weighted by atomic mass is 16.5. The number of hydrogen-bond donors (Lipinski definition) is 1. The second kappa shape index (κ2) is 4.46. The van der Waals surface area contributed by atoms with Crippen LogP contribution in [0.5, 0.6) is 5.75 Å². The molecule has 1 saturated carbocycles. The molecule has 0 radical (unpaired) electrons. The van der Waals surface area contributed by atoms with Crippen molar-refractivity contribution in [1.82, 2.24) is 0 Å². The standard InChI is InChI=1S/C14H21NO/c1-9-6-12(13(8-15)11-4-5-11)14(16-3)7-10(9)2/h6-7,11,13H,4-5,8,15H2,1-3H3. The van der Waals surface area contributed by atoms with Crippen LogP contribution in [0, 0.1) is 19.8 Å². The van der Waals surface area contributed by atoms with Crippen LogP contribution in [-0.2, 0) is 0 Å². The van der Waals surface area contributed by atoms with Gasteiger partial charge in [-0.2, -0.15) is 0 Å². The highest BCUT2D eigenvalue weighted by Gasteiger charge is 2.33.